The van der Waals surface area contributed by atoms with Gasteiger partial charge >= 0.3 is 6.09 Å². The lowest BCUT2D eigenvalue weighted by Gasteiger charge is -2.31. The standard InChI is InChI=1S/C13H20N2O4S2/c1-9-8-12(10(2)20-9)21(17,18)14-11-4-6-15(7-5-11)13(16)19-3/h8,11,14H,4-7H2,1-3H3. The number of hydrogen-bond donors (Lipinski definition) is 1. The fourth-order valence-corrected chi connectivity index (χ4v) is 5.33. The van der Waals surface area contributed by atoms with Crippen molar-refractivity contribution in [2.45, 2.75) is 37.6 Å². The number of carbonyl (C=O) groups excluding carboxylic acids is 1. The number of nitrogens with one attached hydrogen (secondary N) is 1. The van der Waals surface area contributed by atoms with Crippen molar-refractivity contribution in [2.75, 3.05) is 20.2 Å². The molecule has 1 aromatic rings. The molecule has 21 heavy (non-hydrogen) atoms. The zero-order chi connectivity index (χ0) is 15.6. The number of likely N-dealkylation sites (tertiary alicyclic amines) is 1. The minimum Gasteiger partial charge on any atom is -0.453 e. The maximum atomic E-state index is 12.4. The Morgan fingerprint density at radius 1 is 1.38 bits per heavy atom. The van der Waals surface area contributed by atoms with Crippen LogP contribution in [0.5, 0.6) is 0 Å². The molecule has 0 spiro atoms. The molecule has 118 valence electrons. The number of carbonyl (C=O) groups is 1. The molecule has 0 atom stereocenters. The van der Waals surface area contributed by atoms with E-state index in [-0.39, 0.29) is 12.1 Å². The summed E-state index contributed by atoms with van der Waals surface area (Å²) in [7, 11) is -2.14. The fraction of sp³-hybridized carbons (Fsp3) is 0.615. The molecule has 0 radical (unpaired) electrons. The van der Waals surface area contributed by atoms with Crippen LogP contribution in [-0.2, 0) is 14.8 Å². The summed E-state index contributed by atoms with van der Waals surface area (Å²) in [5.74, 6) is 0. The molecule has 1 amide bonds. The van der Waals surface area contributed by atoms with Crippen molar-refractivity contribution in [1.29, 1.82) is 0 Å². The fourth-order valence-electron chi connectivity index (χ4n) is 2.47. The summed E-state index contributed by atoms with van der Waals surface area (Å²) < 4.78 is 32.2. The van der Waals surface area contributed by atoms with Gasteiger partial charge in [-0.05, 0) is 32.8 Å². The highest BCUT2D eigenvalue weighted by Crippen LogP contribution is 2.25. The number of aryl methyl sites for hydroxylation is 2. The molecule has 1 fully saturated rings. The number of methoxy groups -OCH3 is 1. The predicted molar refractivity (Wildman–Crippen MR) is 81.1 cm³/mol. The average molecular weight is 332 g/mol. The maximum absolute atomic E-state index is 12.4. The van der Waals surface area contributed by atoms with Crippen LogP contribution in [0.4, 0.5) is 4.79 Å². The van der Waals surface area contributed by atoms with Crippen LogP contribution in [0, 0.1) is 13.8 Å². The van der Waals surface area contributed by atoms with Gasteiger partial charge in [0.2, 0.25) is 10.0 Å². The molecule has 0 aliphatic carbocycles. The van der Waals surface area contributed by atoms with Gasteiger partial charge in [-0.1, -0.05) is 0 Å². The van der Waals surface area contributed by atoms with E-state index in [0.717, 1.165) is 9.75 Å². The van der Waals surface area contributed by atoms with E-state index in [0.29, 0.717) is 30.8 Å². The lowest BCUT2D eigenvalue weighted by molar-refractivity contribution is 0.111. The first-order valence-electron chi connectivity index (χ1n) is 6.75. The van der Waals surface area contributed by atoms with Gasteiger partial charge in [-0.3, -0.25) is 0 Å². The Kier molecular flexibility index (Phi) is 4.90. The highest BCUT2D eigenvalue weighted by molar-refractivity contribution is 7.89. The van der Waals surface area contributed by atoms with Gasteiger partial charge in [0, 0.05) is 28.9 Å². The summed E-state index contributed by atoms with van der Waals surface area (Å²) in [6.45, 7) is 4.71. The van der Waals surface area contributed by atoms with Crippen molar-refractivity contribution < 1.29 is 17.9 Å². The molecule has 0 aromatic carbocycles. The van der Waals surface area contributed by atoms with Crippen LogP contribution < -0.4 is 4.72 Å². The van der Waals surface area contributed by atoms with Crippen molar-refractivity contribution in [2.24, 2.45) is 0 Å². The maximum Gasteiger partial charge on any atom is 0.409 e. The van der Waals surface area contributed by atoms with E-state index in [1.54, 1.807) is 11.0 Å². The van der Waals surface area contributed by atoms with Crippen molar-refractivity contribution in [3.05, 3.63) is 15.8 Å². The topological polar surface area (TPSA) is 75.7 Å². The molecule has 2 heterocycles. The third kappa shape index (κ3) is 3.75. The second-order valence-corrected chi connectivity index (χ2v) is 8.27. The molecular weight excluding hydrogens is 312 g/mol. The molecule has 0 bridgehead atoms. The smallest absolute Gasteiger partial charge is 0.409 e. The van der Waals surface area contributed by atoms with Gasteiger partial charge < -0.3 is 9.64 Å². The van der Waals surface area contributed by atoms with Gasteiger partial charge in [0.25, 0.3) is 0 Å². The number of piperidine rings is 1. The Hall–Kier alpha value is -1.12. The van der Waals surface area contributed by atoms with Gasteiger partial charge in [-0.15, -0.1) is 11.3 Å². The summed E-state index contributed by atoms with van der Waals surface area (Å²) >= 11 is 1.48. The van der Waals surface area contributed by atoms with Crippen molar-refractivity contribution in [3.8, 4) is 0 Å². The highest BCUT2D eigenvalue weighted by atomic mass is 32.2. The third-order valence-electron chi connectivity index (χ3n) is 3.53. The largest absolute Gasteiger partial charge is 0.453 e. The van der Waals surface area contributed by atoms with Crippen molar-refractivity contribution in [1.82, 2.24) is 9.62 Å². The average Bonchev–Trinajstić information content (AvgIpc) is 2.78. The van der Waals surface area contributed by atoms with Crippen LogP contribution in [0.3, 0.4) is 0 Å². The van der Waals surface area contributed by atoms with E-state index in [4.69, 9.17) is 0 Å². The van der Waals surface area contributed by atoms with E-state index in [9.17, 15) is 13.2 Å². The Morgan fingerprint density at radius 3 is 2.48 bits per heavy atom. The zero-order valence-corrected chi connectivity index (χ0v) is 14.0. The summed E-state index contributed by atoms with van der Waals surface area (Å²) in [5, 5.41) is 0. The number of nitrogens with zero attached hydrogens (tertiary/aromatic N) is 1. The number of hydrogen-bond acceptors (Lipinski definition) is 5. The predicted octanol–water partition coefficient (Wildman–Crippen LogP) is 1.87. The molecule has 0 saturated carbocycles. The number of ether oxygens (including phenoxy) is 1. The quantitative estimate of drug-likeness (QED) is 0.917. The molecule has 1 saturated heterocycles. The van der Waals surface area contributed by atoms with Crippen LogP contribution >= 0.6 is 11.3 Å². The van der Waals surface area contributed by atoms with Gasteiger partial charge in [-0.2, -0.15) is 0 Å². The lowest BCUT2D eigenvalue weighted by Crippen LogP contribution is -2.46. The van der Waals surface area contributed by atoms with Gasteiger partial charge in [0.05, 0.1) is 12.0 Å². The van der Waals surface area contributed by atoms with E-state index in [1.807, 2.05) is 13.8 Å². The summed E-state index contributed by atoms with van der Waals surface area (Å²) in [6.07, 6.45) is 0.827. The van der Waals surface area contributed by atoms with Gasteiger partial charge in [0.1, 0.15) is 0 Å². The summed E-state index contributed by atoms with van der Waals surface area (Å²) in [5.41, 5.74) is 0. The Morgan fingerprint density at radius 2 is 2.00 bits per heavy atom. The highest BCUT2D eigenvalue weighted by Gasteiger charge is 2.28. The minimum atomic E-state index is -3.49. The van der Waals surface area contributed by atoms with Crippen LogP contribution in [0.2, 0.25) is 0 Å². The van der Waals surface area contributed by atoms with Crippen LogP contribution in [0.1, 0.15) is 22.6 Å². The second-order valence-electron chi connectivity index (χ2n) is 5.13. The number of amides is 1. The monoisotopic (exact) mass is 332 g/mol. The van der Waals surface area contributed by atoms with E-state index >= 15 is 0 Å². The first kappa shape index (κ1) is 16.3. The first-order chi connectivity index (χ1) is 9.83. The van der Waals surface area contributed by atoms with Gasteiger partial charge in [0.15, 0.2) is 0 Å². The Bertz CT molecular complexity index is 616. The van der Waals surface area contributed by atoms with E-state index in [1.165, 1.54) is 18.4 Å². The molecular formula is C13H20N2O4S2. The summed E-state index contributed by atoms with van der Waals surface area (Å²) in [4.78, 5) is 15.1. The SMILES string of the molecule is COC(=O)N1CCC(NS(=O)(=O)c2cc(C)sc2C)CC1. The number of rotatable bonds is 3. The van der Waals surface area contributed by atoms with Crippen molar-refractivity contribution >= 4 is 27.5 Å². The first-order valence-corrected chi connectivity index (χ1v) is 9.05. The summed E-state index contributed by atoms with van der Waals surface area (Å²) in [6, 6.07) is 1.56. The second kappa shape index (κ2) is 6.33. The van der Waals surface area contributed by atoms with Crippen LogP contribution in [0.25, 0.3) is 0 Å². The molecule has 1 aliphatic heterocycles. The van der Waals surface area contributed by atoms with Crippen LogP contribution in [0.15, 0.2) is 11.0 Å². The molecule has 2 rings (SSSR count). The van der Waals surface area contributed by atoms with E-state index < -0.39 is 10.0 Å². The normalized spacial score (nSPS) is 17.0. The molecule has 1 N–H and O–H groups in total. The molecule has 1 aliphatic rings. The molecule has 0 unspecified atom stereocenters. The van der Waals surface area contributed by atoms with Gasteiger partial charge in [-0.25, -0.2) is 17.9 Å². The lowest BCUT2D eigenvalue weighted by atomic mass is 10.1. The number of sulfonamides is 1. The minimum absolute atomic E-state index is 0.143. The van der Waals surface area contributed by atoms with E-state index in [2.05, 4.69) is 9.46 Å². The Balaban J connectivity index is 2.00. The zero-order valence-electron chi connectivity index (χ0n) is 12.4. The van der Waals surface area contributed by atoms with Crippen molar-refractivity contribution in [3.63, 3.8) is 0 Å². The third-order valence-corrected chi connectivity index (χ3v) is 6.28. The molecule has 6 nitrogen and oxygen atoms in total. The number of thiophene rings is 1. The molecule has 8 heteroatoms. The molecule has 1 aromatic heterocycles. The van der Waals surface area contributed by atoms with Crippen LogP contribution in [-0.4, -0.2) is 45.7 Å². The Labute approximate surface area is 129 Å².